The predicted molar refractivity (Wildman–Crippen MR) is 127 cm³/mol. The number of piperidine rings is 1. The topological polar surface area (TPSA) is 84.9 Å². The van der Waals surface area contributed by atoms with Gasteiger partial charge in [-0.15, -0.1) is 0 Å². The molecule has 178 valence electrons. The fraction of sp³-hybridized carbons (Fsp3) is 0.480. The van der Waals surface area contributed by atoms with Crippen molar-refractivity contribution in [3.05, 3.63) is 60.2 Å². The molecule has 33 heavy (non-hydrogen) atoms. The first-order chi connectivity index (χ1) is 15.9. The number of carbonyl (C=O) groups excluding carboxylic acids is 1. The third-order valence-electron chi connectivity index (χ3n) is 6.27. The van der Waals surface area contributed by atoms with E-state index in [-0.39, 0.29) is 24.8 Å². The van der Waals surface area contributed by atoms with Crippen LogP contribution in [0.2, 0.25) is 0 Å². The number of ether oxygens (including phenoxy) is 2. The molecule has 8 heteroatoms. The van der Waals surface area contributed by atoms with Gasteiger partial charge in [-0.1, -0.05) is 54.6 Å². The first-order valence-corrected chi connectivity index (χ1v) is 13.4. The minimum absolute atomic E-state index is 0.0512. The van der Waals surface area contributed by atoms with Crippen molar-refractivity contribution in [2.24, 2.45) is 0 Å². The summed E-state index contributed by atoms with van der Waals surface area (Å²) in [4.78, 5) is 14.7. The van der Waals surface area contributed by atoms with Gasteiger partial charge in [0, 0.05) is 19.2 Å². The zero-order valence-corrected chi connectivity index (χ0v) is 19.8. The molecule has 3 unspecified atom stereocenters. The van der Waals surface area contributed by atoms with E-state index in [1.54, 1.807) is 4.90 Å². The molecule has 0 aliphatic carbocycles. The number of benzene rings is 2. The molecule has 2 aromatic rings. The Morgan fingerprint density at radius 3 is 2.61 bits per heavy atom. The van der Waals surface area contributed by atoms with Gasteiger partial charge in [-0.3, -0.25) is 0 Å². The highest BCUT2D eigenvalue weighted by molar-refractivity contribution is 7.88. The van der Waals surface area contributed by atoms with Crippen LogP contribution in [0.5, 0.6) is 0 Å². The highest BCUT2D eigenvalue weighted by atomic mass is 32.2. The molecule has 0 radical (unpaired) electrons. The summed E-state index contributed by atoms with van der Waals surface area (Å²) in [5.74, 6) is 0. The third-order valence-corrected chi connectivity index (χ3v) is 7.01. The normalized spacial score (nSPS) is 23.4. The lowest BCUT2D eigenvalue weighted by atomic mass is 9.90. The molecule has 2 aliphatic heterocycles. The first kappa shape index (κ1) is 23.7. The van der Waals surface area contributed by atoms with E-state index in [9.17, 15) is 13.2 Å². The van der Waals surface area contributed by atoms with E-state index in [0.29, 0.717) is 32.4 Å². The highest BCUT2D eigenvalue weighted by Crippen LogP contribution is 2.26. The van der Waals surface area contributed by atoms with Crippen molar-refractivity contribution in [1.29, 1.82) is 0 Å². The minimum atomic E-state index is -3.42. The summed E-state index contributed by atoms with van der Waals surface area (Å²) in [5, 5.41) is 0. The quantitative estimate of drug-likeness (QED) is 0.666. The van der Waals surface area contributed by atoms with E-state index in [1.165, 1.54) is 0 Å². The van der Waals surface area contributed by atoms with E-state index in [4.69, 9.17) is 9.47 Å². The molecule has 1 amide bonds. The largest absolute Gasteiger partial charge is 0.447 e. The SMILES string of the molecule is CS(=O)(=O)NC1CCCN(C(=O)OCC2CCCO2)C1Cc1cccc(-c2ccccc2)c1. The fourth-order valence-electron chi connectivity index (χ4n) is 4.72. The van der Waals surface area contributed by atoms with Crippen molar-refractivity contribution in [3.8, 4) is 11.1 Å². The molecule has 0 saturated carbocycles. The summed E-state index contributed by atoms with van der Waals surface area (Å²) in [6.07, 6.45) is 4.49. The lowest BCUT2D eigenvalue weighted by molar-refractivity contribution is 0.0171. The van der Waals surface area contributed by atoms with Crippen LogP contribution in [0, 0.1) is 0 Å². The number of hydrogen-bond donors (Lipinski definition) is 1. The van der Waals surface area contributed by atoms with Crippen LogP contribution in [0.25, 0.3) is 11.1 Å². The monoisotopic (exact) mass is 472 g/mol. The second-order valence-electron chi connectivity index (χ2n) is 8.88. The van der Waals surface area contributed by atoms with E-state index in [0.717, 1.165) is 35.8 Å². The number of nitrogens with zero attached hydrogens (tertiary/aromatic N) is 1. The minimum Gasteiger partial charge on any atom is -0.447 e. The van der Waals surface area contributed by atoms with Gasteiger partial charge < -0.3 is 14.4 Å². The van der Waals surface area contributed by atoms with Crippen LogP contribution in [0.15, 0.2) is 54.6 Å². The average Bonchev–Trinajstić information content (AvgIpc) is 3.32. The van der Waals surface area contributed by atoms with Crippen LogP contribution in [-0.4, -0.2) is 63.6 Å². The number of likely N-dealkylation sites (tertiary alicyclic amines) is 1. The zero-order valence-electron chi connectivity index (χ0n) is 19.0. The van der Waals surface area contributed by atoms with Crippen LogP contribution in [0.4, 0.5) is 4.79 Å². The van der Waals surface area contributed by atoms with E-state index >= 15 is 0 Å². The van der Waals surface area contributed by atoms with Crippen LogP contribution in [0.3, 0.4) is 0 Å². The maximum atomic E-state index is 13.0. The number of carbonyl (C=O) groups is 1. The molecular weight excluding hydrogens is 440 g/mol. The van der Waals surface area contributed by atoms with Gasteiger partial charge in [0.15, 0.2) is 0 Å². The Hall–Kier alpha value is -2.42. The van der Waals surface area contributed by atoms with Crippen molar-refractivity contribution in [1.82, 2.24) is 9.62 Å². The van der Waals surface area contributed by atoms with Crippen molar-refractivity contribution in [2.45, 2.75) is 50.3 Å². The van der Waals surface area contributed by atoms with Gasteiger partial charge in [-0.25, -0.2) is 17.9 Å². The van der Waals surface area contributed by atoms with Gasteiger partial charge >= 0.3 is 6.09 Å². The summed E-state index contributed by atoms with van der Waals surface area (Å²) in [6.45, 7) is 1.47. The average molecular weight is 473 g/mol. The number of amides is 1. The van der Waals surface area contributed by atoms with Crippen LogP contribution in [0.1, 0.15) is 31.2 Å². The second-order valence-corrected chi connectivity index (χ2v) is 10.7. The molecule has 2 aliphatic rings. The summed E-state index contributed by atoms with van der Waals surface area (Å²) < 4.78 is 38.0. The summed E-state index contributed by atoms with van der Waals surface area (Å²) in [5.41, 5.74) is 3.24. The van der Waals surface area contributed by atoms with E-state index < -0.39 is 16.1 Å². The van der Waals surface area contributed by atoms with Crippen LogP contribution in [-0.2, 0) is 25.9 Å². The lowest BCUT2D eigenvalue weighted by Gasteiger charge is -2.41. The van der Waals surface area contributed by atoms with Gasteiger partial charge in [0.2, 0.25) is 10.0 Å². The Labute approximate surface area is 196 Å². The van der Waals surface area contributed by atoms with Crippen molar-refractivity contribution in [2.75, 3.05) is 26.0 Å². The maximum absolute atomic E-state index is 13.0. The highest BCUT2D eigenvalue weighted by Gasteiger charge is 2.37. The molecule has 4 rings (SSSR count). The number of hydrogen-bond acceptors (Lipinski definition) is 5. The molecule has 0 aromatic heterocycles. The molecule has 2 aromatic carbocycles. The van der Waals surface area contributed by atoms with Crippen molar-refractivity contribution < 1.29 is 22.7 Å². The molecule has 2 heterocycles. The van der Waals surface area contributed by atoms with Gasteiger partial charge in [0.1, 0.15) is 6.61 Å². The molecule has 2 fully saturated rings. The molecule has 0 bridgehead atoms. The Balaban J connectivity index is 1.54. The van der Waals surface area contributed by atoms with Gasteiger partial charge in [0.25, 0.3) is 0 Å². The van der Waals surface area contributed by atoms with Gasteiger partial charge in [-0.2, -0.15) is 0 Å². The Morgan fingerprint density at radius 2 is 1.88 bits per heavy atom. The zero-order chi connectivity index (χ0) is 23.3. The van der Waals surface area contributed by atoms with Crippen LogP contribution < -0.4 is 4.72 Å². The Kier molecular flexibility index (Phi) is 7.67. The maximum Gasteiger partial charge on any atom is 0.410 e. The summed E-state index contributed by atoms with van der Waals surface area (Å²) in [7, 11) is -3.42. The molecular formula is C25H32N2O5S. The third kappa shape index (κ3) is 6.56. The van der Waals surface area contributed by atoms with Crippen molar-refractivity contribution >= 4 is 16.1 Å². The fourth-order valence-corrected chi connectivity index (χ4v) is 5.55. The first-order valence-electron chi connectivity index (χ1n) is 11.6. The predicted octanol–water partition coefficient (Wildman–Crippen LogP) is 3.59. The molecule has 2 saturated heterocycles. The molecule has 7 nitrogen and oxygen atoms in total. The molecule has 3 atom stereocenters. The van der Waals surface area contributed by atoms with Crippen molar-refractivity contribution in [3.63, 3.8) is 0 Å². The summed E-state index contributed by atoms with van der Waals surface area (Å²) >= 11 is 0. The van der Waals surface area contributed by atoms with Gasteiger partial charge in [0.05, 0.1) is 18.4 Å². The second kappa shape index (κ2) is 10.7. The Morgan fingerprint density at radius 1 is 1.09 bits per heavy atom. The smallest absolute Gasteiger partial charge is 0.410 e. The Bertz CT molecular complexity index is 1040. The number of sulfonamides is 1. The standard InChI is InChI=1S/C25H32N2O5S/c1-33(29,30)26-23-13-6-14-27(25(28)32-18-22-12-7-15-31-22)24(23)17-19-8-5-11-21(16-19)20-9-3-2-4-10-20/h2-5,8-11,16,22-24,26H,6-7,12-15,17-18H2,1H3. The van der Waals surface area contributed by atoms with Gasteiger partial charge in [-0.05, 0) is 48.8 Å². The van der Waals surface area contributed by atoms with Crippen LogP contribution >= 0.6 is 0 Å². The molecule has 1 N–H and O–H groups in total. The van der Waals surface area contributed by atoms with E-state index in [2.05, 4.69) is 29.0 Å². The summed E-state index contributed by atoms with van der Waals surface area (Å²) in [6, 6.07) is 17.6. The molecule has 0 spiro atoms. The number of nitrogens with one attached hydrogen (secondary N) is 1. The lowest BCUT2D eigenvalue weighted by Crippen LogP contribution is -2.58. The van der Waals surface area contributed by atoms with E-state index in [1.807, 2.05) is 30.3 Å². The number of rotatable bonds is 7.